The van der Waals surface area contributed by atoms with Gasteiger partial charge in [0.1, 0.15) is 17.6 Å². The first kappa shape index (κ1) is 19.6. The van der Waals surface area contributed by atoms with E-state index in [0.29, 0.717) is 17.9 Å². The van der Waals surface area contributed by atoms with E-state index in [1.807, 2.05) is 36.6 Å². The van der Waals surface area contributed by atoms with Crippen molar-refractivity contribution in [2.75, 3.05) is 5.32 Å². The second kappa shape index (κ2) is 7.39. The standard InChI is InChI=1S/C23H22FN5O2/c1-3-20(30)18-6-12(2)16(11-26-18)14-7-13-10-27-21(28-23(31)15-8-17(15)24)9-19(13)29-5-4-25-22(14)29/h4-7,9-11,15,17,20,30H,3,8H2,1-2H3,(H,27,28,31)/t15-,17+,20-/m1/s1. The molecule has 1 aliphatic rings. The lowest BCUT2D eigenvalue weighted by atomic mass is 10.0. The van der Waals surface area contributed by atoms with Gasteiger partial charge in [-0.15, -0.1) is 0 Å². The minimum Gasteiger partial charge on any atom is -0.387 e. The Bertz CT molecular complexity index is 1320. The maximum Gasteiger partial charge on any atom is 0.231 e. The first-order valence-corrected chi connectivity index (χ1v) is 10.3. The molecule has 5 rings (SSSR count). The molecular formula is C23H22FN5O2. The van der Waals surface area contributed by atoms with E-state index in [4.69, 9.17) is 0 Å². The van der Waals surface area contributed by atoms with Crippen molar-refractivity contribution in [1.29, 1.82) is 0 Å². The number of aliphatic hydroxyl groups excluding tert-OH is 1. The fourth-order valence-corrected chi connectivity index (χ4v) is 3.86. The predicted molar refractivity (Wildman–Crippen MR) is 115 cm³/mol. The van der Waals surface area contributed by atoms with Crippen LogP contribution in [0, 0.1) is 12.8 Å². The number of hydrogen-bond donors (Lipinski definition) is 2. The van der Waals surface area contributed by atoms with Crippen LogP contribution in [0.3, 0.4) is 0 Å². The molecule has 1 fully saturated rings. The third-order valence-electron chi connectivity index (χ3n) is 5.80. The number of carbonyl (C=O) groups is 1. The van der Waals surface area contributed by atoms with Crippen LogP contribution in [-0.4, -0.2) is 36.5 Å². The Morgan fingerprint density at radius 3 is 2.77 bits per heavy atom. The Morgan fingerprint density at radius 1 is 1.26 bits per heavy atom. The summed E-state index contributed by atoms with van der Waals surface area (Å²) in [6.45, 7) is 3.90. The number of aryl methyl sites for hydroxylation is 1. The topological polar surface area (TPSA) is 92.4 Å². The molecule has 0 radical (unpaired) electrons. The third-order valence-corrected chi connectivity index (χ3v) is 5.80. The van der Waals surface area contributed by atoms with Crippen molar-refractivity contribution in [3.05, 3.63) is 54.2 Å². The van der Waals surface area contributed by atoms with Crippen LogP contribution < -0.4 is 5.32 Å². The number of amides is 1. The fraction of sp³-hybridized carbons (Fsp3) is 0.304. The predicted octanol–water partition coefficient (Wildman–Crippen LogP) is 3.99. The molecule has 0 spiro atoms. The average Bonchev–Trinajstić information content (AvgIpc) is 3.30. The van der Waals surface area contributed by atoms with Crippen LogP contribution in [0.25, 0.3) is 27.7 Å². The Labute approximate surface area is 178 Å². The van der Waals surface area contributed by atoms with Gasteiger partial charge >= 0.3 is 0 Å². The summed E-state index contributed by atoms with van der Waals surface area (Å²) in [5.41, 5.74) is 5.04. The first-order chi connectivity index (χ1) is 15.0. The summed E-state index contributed by atoms with van der Waals surface area (Å²) in [4.78, 5) is 25.4. The second-order valence-electron chi connectivity index (χ2n) is 8.00. The Hall–Kier alpha value is -3.39. The maximum atomic E-state index is 13.2. The van der Waals surface area contributed by atoms with Gasteiger partial charge in [0.05, 0.1) is 23.2 Å². The van der Waals surface area contributed by atoms with Crippen molar-refractivity contribution in [3.63, 3.8) is 0 Å². The van der Waals surface area contributed by atoms with Crippen LogP contribution in [-0.2, 0) is 4.79 Å². The molecule has 1 aliphatic carbocycles. The number of pyridine rings is 3. The van der Waals surface area contributed by atoms with Crippen molar-refractivity contribution < 1.29 is 14.3 Å². The Balaban J connectivity index is 1.58. The number of carbonyl (C=O) groups excluding carboxylic acids is 1. The summed E-state index contributed by atoms with van der Waals surface area (Å²) in [5, 5.41) is 13.7. The van der Waals surface area contributed by atoms with E-state index in [1.165, 1.54) is 0 Å². The van der Waals surface area contributed by atoms with Crippen molar-refractivity contribution in [2.24, 2.45) is 5.92 Å². The van der Waals surface area contributed by atoms with E-state index in [-0.39, 0.29) is 12.3 Å². The molecular weight excluding hydrogens is 397 g/mol. The number of aliphatic hydroxyl groups is 1. The van der Waals surface area contributed by atoms with Crippen LogP contribution in [0.4, 0.5) is 10.2 Å². The lowest BCUT2D eigenvalue weighted by Crippen LogP contribution is -2.16. The minimum absolute atomic E-state index is 0.274. The van der Waals surface area contributed by atoms with E-state index in [1.54, 1.807) is 24.7 Å². The summed E-state index contributed by atoms with van der Waals surface area (Å²) >= 11 is 0. The van der Waals surface area contributed by atoms with Gasteiger partial charge in [0.25, 0.3) is 0 Å². The van der Waals surface area contributed by atoms with Crippen molar-refractivity contribution in [1.82, 2.24) is 19.4 Å². The van der Waals surface area contributed by atoms with Gasteiger partial charge in [-0.2, -0.15) is 0 Å². The van der Waals surface area contributed by atoms with E-state index >= 15 is 0 Å². The number of aromatic nitrogens is 4. The number of hydrogen-bond acceptors (Lipinski definition) is 5. The van der Waals surface area contributed by atoms with Crippen molar-refractivity contribution in [3.8, 4) is 11.1 Å². The minimum atomic E-state index is -1.05. The molecule has 2 N–H and O–H groups in total. The Morgan fingerprint density at radius 2 is 2.06 bits per heavy atom. The molecule has 8 heteroatoms. The van der Waals surface area contributed by atoms with Crippen molar-refractivity contribution >= 4 is 28.3 Å². The molecule has 4 heterocycles. The highest BCUT2D eigenvalue weighted by Gasteiger charge is 2.43. The molecule has 0 aliphatic heterocycles. The maximum absolute atomic E-state index is 13.2. The van der Waals surface area contributed by atoms with Gasteiger partial charge in [0.2, 0.25) is 5.91 Å². The lowest BCUT2D eigenvalue weighted by molar-refractivity contribution is -0.117. The molecule has 1 saturated carbocycles. The lowest BCUT2D eigenvalue weighted by Gasteiger charge is -2.14. The molecule has 0 unspecified atom stereocenters. The zero-order valence-corrected chi connectivity index (χ0v) is 17.2. The first-order valence-electron chi connectivity index (χ1n) is 10.3. The van der Waals surface area contributed by atoms with Gasteiger partial charge in [-0.1, -0.05) is 6.92 Å². The highest BCUT2D eigenvalue weighted by atomic mass is 19.1. The SMILES string of the molecule is CC[C@@H](O)c1cc(C)c(-c2cc3cnc(NC(=O)[C@@H]4C[C@@H]4F)cc3n3ccnc23)cn1. The Kier molecular flexibility index (Phi) is 4.66. The van der Waals surface area contributed by atoms with Gasteiger partial charge in [-0.25, -0.2) is 14.4 Å². The number of rotatable bonds is 5. The van der Waals surface area contributed by atoms with Gasteiger partial charge < -0.3 is 10.4 Å². The number of imidazole rings is 1. The summed E-state index contributed by atoms with van der Waals surface area (Å²) in [6, 6.07) is 5.67. The molecule has 0 saturated heterocycles. The molecule has 1 amide bonds. The van der Waals surface area contributed by atoms with E-state index < -0.39 is 18.2 Å². The molecule has 4 aromatic rings. The van der Waals surface area contributed by atoms with E-state index in [0.717, 1.165) is 33.2 Å². The molecule has 31 heavy (non-hydrogen) atoms. The van der Waals surface area contributed by atoms with E-state index in [9.17, 15) is 14.3 Å². The normalized spacial score (nSPS) is 19.0. The highest BCUT2D eigenvalue weighted by Crippen LogP contribution is 2.35. The van der Waals surface area contributed by atoms with Gasteiger partial charge in [0, 0.05) is 47.4 Å². The molecule has 158 valence electrons. The van der Waals surface area contributed by atoms with Crippen LogP contribution >= 0.6 is 0 Å². The number of nitrogens with one attached hydrogen (secondary N) is 1. The number of halogens is 1. The quantitative estimate of drug-likeness (QED) is 0.510. The highest BCUT2D eigenvalue weighted by molar-refractivity contribution is 5.97. The van der Waals surface area contributed by atoms with Crippen molar-refractivity contribution in [2.45, 2.75) is 39.0 Å². The monoisotopic (exact) mass is 419 g/mol. The van der Waals surface area contributed by atoms with Crippen LogP contribution in [0.5, 0.6) is 0 Å². The number of alkyl halides is 1. The van der Waals surface area contributed by atoms with Crippen LogP contribution in [0.1, 0.15) is 37.1 Å². The van der Waals surface area contributed by atoms with Gasteiger partial charge in [-0.05, 0) is 37.5 Å². The summed E-state index contributed by atoms with van der Waals surface area (Å²) in [7, 11) is 0. The molecule has 3 atom stereocenters. The molecule has 0 bridgehead atoms. The molecule has 4 aromatic heterocycles. The third kappa shape index (κ3) is 3.42. The number of nitrogens with zero attached hydrogens (tertiary/aromatic N) is 4. The second-order valence-corrected chi connectivity index (χ2v) is 8.00. The number of anilines is 1. The summed E-state index contributed by atoms with van der Waals surface area (Å²) < 4.78 is 15.1. The van der Waals surface area contributed by atoms with Crippen LogP contribution in [0.15, 0.2) is 43.0 Å². The zero-order chi connectivity index (χ0) is 21.7. The smallest absolute Gasteiger partial charge is 0.231 e. The van der Waals surface area contributed by atoms with Gasteiger partial charge in [0.15, 0.2) is 0 Å². The van der Waals surface area contributed by atoms with Crippen LogP contribution in [0.2, 0.25) is 0 Å². The average molecular weight is 419 g/mol. The largest absolute Gasteiger partial charge is 0.387 e. The van der Waals surface area contributed by atoms with Gasteiger partial charge in [-0.3, -0.25) is 14.2 Å². The fourth-order valence-electron chi connectivity index (χ4n) is 3.86. The molecule has 7 nitrogen and oxygen atoms in total. The number of fused-ring (bicyclic) bond motifs is 3. The molecule has 0 aromatic carbocycles. The summed E-state index contributed by atoms with van der Waals surface area (Å²) in [6.07, 6.45) is 6.26. The zero-order valence-electron chi connectivity index (χ0n) is 17.2. The van der Waals surface area contributed by atoms with E-state index in [2.05, 4.69) is 20.3 Å². The summed E-state index contributed by atoms with van der Waals surface area (Å²) in [5.74, 6) is -0.526.